The first-order valence-corrected chi connectivity index (χ1v) is 6.36. The van der Waals surface area contributed by atoms with E-state index in [4.69, 9.17) is 4.74 Å². The Hall–Kier alpha value is -2.17. The summed E-state index contributed by atoms with van der Waals surface area (Å²) in [7, 11) is 0. The summed E-state index contributed by atoms with van der Waals surface area (Å²) in [6.45, 7) is 0. The maximum atomic E-state index is 12.1. The number of rotatable bonds is 2. The van der Waals surface area contributed by atoms with Crippen LogP contribution in [-0.2, 0) is 15.1 Å². The van der Waals surface area contributed by atoms with Gasteiger partial charge in [0.25, 0.3) is 0 Å². The average molecular weight is 270 g/mol. The Kier molecular flexibility index (Phi) is 3.04. The Labute approximate surface area is 116 Å². The van der Waals surface area contributed by atoms with Gasteiger partial charge in [-0.2, -0.15) is 0 Å². The zero-order chi connectivity index (χ0) is 14.2. The second kappa shape index (κ2) is 4.74. The van der Waals surface area contributed by atoms with Crippen LogP contribution in [-0.4, -0.2) is 22.3 Å². The van der Waals surface area contributed by atoms with Crippen LogP contribution in [0.3, 0.4) is 0 Å². The molecular weight excluding hydrogens is 256 g/mol. The molecule has 3 atom stereocenters. The fourth-order valence-corrected chi connectivity index (χ4v) is 2.48. The van der Waals surface area contributed by atoms with E-state index in [1.165, 1.54) is 0 Å². The normalized spacial score (nSPS) is 29.2. The van der Waals surface area contributed by atoms with Crippen LogP contribution in [0.25, 0.3) is 0 Å². The molecule has 102 valence electrons. The van der Waals surface area contributed by atoms with E-state index in [1.54, 1.807) is 54.6 Å². The molecule has 0 spiro atoms. The summed E-state index contributed by atoms with van der Waals surface area (Å²) in [6.07, 6.45) is -2.21. The Morgan fingerprint density at radius 2 is 1.50 bits per heavy atom. The Morgan fingerprint density at radius 3 is 2.10 bits per heavy atom. The van der Waals surface area contributed by atoms with Crippen LogP contribution in [0.15, 0.2) is 60.7 Å². The molecule has 0 saturated carbocycles. The van der Waals surface area contributed by atoms with Crippen molar-refractivity contribution in [2.75, 3.05) is 0 Å². The van der Waals surface area contributed by atoms with Gasteiger partial charge in [-0.15, -0.1) is 0 Å². The predicted octanol–water partition coefficient (Wildman–Crippen LogP) is 1.53. The number of benzene rings is 2. The van der Waals surface area contributed by atoms with E-state index in [0.29, 0.717) is 11.1 Å². The monoisotopic (exact) mass is 270 g/mol. The highest BCUT2D eigenvalue weighted by atomic mass is 16.6. The lowest BCUT2D eigenvalue weighted by Crippen LogP contribution is -2.41. The van der Waals surface area contributed by atoms with Gasteiger partial charge in [0.15, 0.2) is 6.10 Å². The maximum Gasteiger partial charge on any atom is 0.346 e. The number of carbonyl (C=O) groups is 1. The van der Waals surface area contributed by atoms with Crippen molar-refractivity contribution in [3.05, 3.63) is 71.8 Å². The van der Waals surface area contributed by atoms with Crippen LogP contribution >= 0.6 is 0 Å². The summed E-state index contributed by atoms with van der Waals surface area (Å²) in [5, 5.41) is 21.0. The van der Waals surface area contributed by atoms with Gasteiger partial charge in [-0.05, 0) is 11.1 Å². The van der Waals surface area contributed by atoms with Gasteiger partial charge < -0.3 is 14.9 Å². The molecule has 2 aromatic carbocycles. The van der Waals surface area contributed by atoms with Crippen molar-refractivity contribution in [3.8, 4) is 0 Å². The lowest BCUT2D eigenvalue weighted by molar-refractivity contribution is -0.157. The quantitative estimate of drug-likeness (QED) is 0.812. The predicted molar refractivity (Wildman–Crippen MR) is 71.6 cm³/mol. The number of aliphatic hydroxyl groups is 2. The highest BCUT2D eigenvalue weighted by molar-refractivity contribution is 5.84. The Balaban J connectivity index is 2.01. The molecule has 20 heavy (non-hydrogen) atoms. The summed E-state index contributed by atoms with van der Waals surface area (Å²) >= 11 is 0. The molecule has 0 aromatic heterocycles. The fourth-order valence-electron chi connectivity index (χ4n) is 2.48. The molecule has 2 N–H and O–H groups in total. The fraction of sp³-hybridized carbons (Fsp3) is 0.188. The zero-order valence-corrected chi connectivity index (χ0v) is 10.6. The Morgan fingerprint density at radius 1 is 0.950 bits per heavy atom. The van der Waals surface area contributed by atoms with Gasteiger partial charge in [0, 0.05) is 0 Å². The summed E-state index contributed by atoms with van der Waals surface area (Å²) in [4.78, 5) is 12.1. The van der Waals surface area contributed by atoms with E-state index in [0.717, 1.165) is 0 Å². The van der Waals surface area contributed by atoms with Crippen LogP contribution in [0, 0.1) is 0 Å². The molecular formula is C16H14O4. The third kappa shape index (κ3) is 1.81. The number of ether oxygens (including phenoxy) is 1. The van der Waals surface area contributed by atoms with Crippen LogP contribution in [0.2, 0.25) is 0 Å². The number of hydrogen-bond acceptors (Lipinski definition) is 4. The van der Waals surface area contributed by atoms with E-state index >= 15 is 0 Å². The summed E-state index contributed by atoms with van der Waals surface area (Å²) in [5.74, 6) is -0.829. The van der Waals surface area contributed by atoms with Gasteiger partial charge >= 0.3 is 5.97 Å². The van der Waals surface area contributed by atoms with E-state index in [2.05, 4.69) is 0 Å². The number of cyclic esters (lactones) is 1. The van der Waals surface area contributed by atoms with Crippen molar-refractivity contribution in [1.82, 2.24) is 0 Å². The van der Waals surface area contributed by atoms with E-state index in [1.807, 2.05) is 6.07 Å². The second-order valence-electron chi connectivity index (χ2n) is 4.81. The molecule has 0 unspecified atom stereocenters. The molecule has 1 saturated heterocycles. The number of hydrogen-bond donors (Lipinski definition) is 2. The topological polar surface area (TPSA) is 66.8 Å². The van der Waals surface area contributed by atoms with Crippen molar-refractivity contribution in [1.29, 1.82) is 0 Å². The number of aliphatic hydroxyl groups excluding tert-OH is 1. The molecule has 1 aliphatic heterocycles. The van der Waals surface area contributed by atoms with E-state index in [-0.39, 0.29) is 0 Å². The van der Waals surface area contributed by atoms with Crippen molar-refractivity contribution in [3.63, 3.8) is 0 Å². The second-order valence-corrected chi connectivity index (χ2v) is 4.81. The highest BCUT2D eigenvalue weighted by Gasteiger charge is 2.57. The molecule has 3 rings (SSSR count). The third-order valence-electron chi connectivity index (χ3n) is 3.60. The molecule has 4 heteroatoms. The smallest absolute Gasteiger partial charge is 0.346 e. The third-order valence-corrected chi connectivity index (χ3v) is 3.60. The molecule has 2 aromatic rings. The van der Waals surface area contributed by atoms with E-state index < -0.39 is 23.8 Å². The molecule has 0 radical (unpaired) electrons. The maximum absolute atomic E-state index is 12.1. The summed E-state index contributed by atoms with van der Waals surface area (Å²) < 4.78 is 5.19. The molecule has 4 nitrogen and oxygen atoms in total. The lowest BCUT2D eigenvalue weighted by Gasteiger charge is -2.23. The lowest BCUT2D eigenvalue weighted by atomic mass is 9.86. The van der Waals surface area contributed by atoms with Crippen molar-refractivity contribution in [2.24, 2.45) is 0 Å². The van der Waals surface area contributed by atoms with Crippen LogP contribution < -0.4 is 0 Å². The molecule has 0 aliphatic carbocycles. The number of carbonyl (C=O) groups excluding carboxylic acids is 1. The van der Waals surface area contributed by atoms with Crippen LogP contribution in [0.4, 0.5) is 0 Å². The van der Waals surface area contributed by atoms with Gasteiger partial charge in [-0.3, -0.25) is 0 Å². The first-order valence-electron chi connectivity index (χ1n) is 6.36. The molecule has 0 bridgehead atoms. The van der Waals surface area contributed by atoms with Crippen LogP contribution in [0.1, 0.15) is 17.2 Å². The largest absolute Gasteiger partial charge is 0.452 e. The molecule has 1 aliphatic rings. The van der Waals surface area contributed by atoms with Gasteiger partial charge in [-0.1, -0.05) is 60.7 Å². The minimum Gasteiger partial charge on any atom is -0.452 e. The highest BCUT2D eigenvalue weighted by Crippen LogP contribution is 2.42. The van der Waals surface area contributed by atoms with Crippen LogP contribution in [0.5, 0.6) is 0 Å². The molecule has 1 heterocycles. The average Bonchev–Trinajstić information content (AvgIpc) is 2.74. The summed E-state index contributed by atoms with van der Waals surface area (Å²) in [6, 6.07) is 17.3. The van der Waals surface area contributed by atoms with Gasteiger partial charge in [0.1, 0.15) is 6.10 Å². The minimum absolute atomic E-state index is 0.330. The number of esters is 1. The molecule has 1 fully saturated rings. The Bertz CT molecular complexity index is 611. The van der Waals surface area contributed by atoms with Gasteiger partial charge in [-0.25, -0.2) is 4.79 Å². The van der Waals surface area contributed by atoms with Crippen molar-refractivity contribution >= 4 is 5.97 Å². The van der Waals surface area contributed by atoms with E-state index in [9.17, 15) is 15.0 Å². The first kappa shape index (κ1) is 12.8. The first-order chi connectivity index (χ1) is 9.64. The van der Waals surface area contributed by atoms with Crippen molar-refractivity contribution < 1.29 is 19.7 Å². The molecule has 0 amide bonds. The standard InChI is InChI=1S/C16H14O4/c17-14-13(11-7-3-1-4-8-11)20-15(18)16(14,19)12-9-5-2-6-10-12/h1-10,13-14,17,19H/t13-,14-,16+/m0/s1. The SMILES string of the molecule is O=C1O[C@@H](c2ccccc2)[C@H](O)[C@]1(O)c1ccccc1. The minimum atomic E-state index is -2.03. The summed E-state index contributed by atoms with van der Waals surface area (Å²) in [5.41, 5.74) is -1.04. The zero-order valence-electron chi connectivity index (χ0n) is 10.6. The van der Waals surface area contributed by atoms with Crippen molar-refractivity contribution in [2.45, 2.75) is 17.8 Å². The van der Waals surface area contributed by atoms with Gasteiger partial charge in [0.05, 0.1) is 0 Å². The van der Waals surface area contributed by atoms with Gasteiger partial charge in [0.2, 0.25) is 5.60 Å².